The summed E-state index contributed by atoms with van der Waals surface area (Å²) in [5.41, 5.74) is 18.9. The SMILES string of the molecule is CC(C)[C@@H]1NC(=O)[C@H](CCCCN)NC(=O)[C@@H](CC2CCCCC2)NC(=O)[C@H](Cc2ccc(O)cc2)NC(=O)[C@@H](NC(=O)C(N)c2ccc3ccccc3c2)CSSC[C@@H](C(=O)N[C@H](C(N)=O)[C@@H](C)O)NC1=O. The van der Waals surface area contributed by atoms with Crippen LogP contribution in [0.3, 0.4) is 0 Å². The molecular weight excluding hydrogens is 977 g/mol. The Labute approximate surface area is 433 Å². The van der Waals surface area contributed by atoms with E-state index >= 15 is 0 Å². The number of aliphatic hydroxyl groups is 1. The molecule has 1 aliphatic heterocycles. The molecule has 3 aromatic carbocycles. The quantitative estimate of drug-likeness (QED) is 0.0709. The van der Waals surface area contributed by atoms with Crippen molar-refractivity contribution >= 4 is 79.6 Å². The molecule has 1 aliphatic carbocycles. The van der Waals surface area contributed by atoms with Crippen molar-refractivity contribution in [2.75, 3.05) is 18.1 Å². The van der Waals surface area contributed by atoms with Crippen molar-refractivity contribution in [2.24, 2.45) is 29.0 Å². The zero-order chi connectivity index (χ0) is 53.2. The molecule has 398 valence electrons. The van der Waals surface area contributed by atoms with E-state index < -0.39 is 108 Å². The van der Waals surface area contributed by atoms with E-state index in [4.69, 9.17) is 17.2 Å². The van der Waals surface area contributed by atoms with Gasteiger partial charge in [-0.3, -0.25) is 38.4 Å². The number of aliphatic hydroxyl groups excluding tert-OH is 1. The number of nitrogens with one attached hydrogen (secondary N) is 7. The minimum atomic E-state index is -1.54. The second kappa shape index (κ2) is 28.5. The number of benzene rings is 3. The van der Waals surface area contributed by atoms with Crippen LogP contribution in [-0.2, 0) is 44.8 Å². The topological polar surface area (TPSA) is 339 Å². The summed E-state index contributed by atoms with van der Waals surface area (Å²) in [7, 11) is 2.05. The zero-order valence-corrected chi connectivity index (χ0v) is 43.2. The van der Waals surface area contributed by atoms with E-state index in [1.54, 1.807) is 38.1 Å². The molecule has 22 heteroatoms. The maximum absolute atomic E-state index is 14.7. The third-order valence-electron chi connectivity index (χ3n) is 13.1. The number of fused-ring (bicyclic) bond motifs is 1. The van der Waals surface area contributed by atoms with Gasteiger partial charge in [0.25, 0.3) is 0 Å². The number of hydrogen-bond acceptors (Lipinski definition) is 14. The molecule has 3 aromatic rings. The molecule has 0 bridgehead atoms. The third-order valence-corrected chi connectivity index (χ3v) is 15.5. The number of carbonyl (C=O) groups is 8. The molecule has 2 aliphatic rings. The predicted molar refractivity (Wildman–Crippen MR) is 281 cm³/mol. The summed E-state index contributed by atoms with van der Waals surface area (Å²) < 4.78 is 0. The van der Waals surface area contributed by atoms with Crippen LogP contribution in [0.15, 0.2) is 66.7 Å². The van der Waals surface area contributed by atoms with Crippen molar-refractivity contribution < 1.29 is 48.6 Å². The fraction of sp³-hybridized carbons (Fsp3) is 0.529. The molecule has 0 spiro atoms. The molecule has 1 saturated heterocycles. The first kappa shape index (κ1) is 58.0. The lowest BCUT2D eigenvalue weighted by Gasteiger charge is -2.31. The lowest BCUT2D eigenvalue weighted by Crippen LogP contribution is -2.62. The molecule has 1 heterocycles. The number of aromatic hydroxyl groups is 1. The lowest BCUT2D eigenvalue weighted by atomic mass is 9.84. The Bertz CT molecular complexity index is 2390. The first-order valence-electron chi connectivity index (χ1n) is 24.9. The first-order valence-corrected chi connectivity index (χ1v) is 27.4. The van der Waals surface area contributed by atoms with Crippen LogP contribution >= 0.6 is 21.6 Å². The summed E-state index contributed by atoms with van der Waals surface area (Å²) in [5.74, 6) is -7.26. The van der Waals surface area contributed by atoms with Gasteiger partial charge in [0.05, 0.1) is 6.10 Å². The fourth-order valence-corrected chi connectivity index (χ4v) is 11.1. The predicted octanol–water partition coefficient (Wildman–Crippen LogP) is 1.20. The molecule has 9 atom stereocenters. The van der Waals surface area contributed by atoms with Crippen LogP contribution in [0.2, 0.25) is 0 Å². The van der Waals surface area contributed by atoms with Crippen molar-refractivity contribution in [3.8, 4) is 5.75 Å². The Morgan fingerprint density at radius 1 is 0.740 bits per heavy atom. The van der Waals surface area contributed by atoms with Crippen LogP contribution in [0.1, 0.15) is 95.7 Å². The normalized spacial score (nSPS) is 23.6. The average molecular weight is 1050 g/mol. The highest BCUT2D eigenvalue weighted by atomic mass is 33.1. The van der Waals surface area contributed by atoms with E-state index in [0.717, 1.165) is 64.5 Å². The van der Waals surface area contributed by atoms with Gasteiger partial charge < -0.3 is 64.6 Å². The lowest BCUT2D eigenvalue weighted by molar-refractivity contribution is -0.136. The molecule has 1 unspecified atom stereocenters. The van der Waals surface area contributed by atoms with E-state index in [1.165, 1.54) is 19.1 Å². The second-order valence-corrected chi connectivity index (χ2v) is 21.8. The Morgan fingerprint density at radius 3 is 2.03 bits per heavy atom. The fourth-order valence-electron chi connectivity index (χ4n) is 8.79. The maximum atomic E-state index is 14.7. The number of carbonyl (C=O) groups excluding carboxylic acids is 8. The van der Waals surface area contributed by atoms with Gasteiger partial charge in [-0.25, -0.2) is 0 Å². The van der Waals surface area contributed by atoms with Crippen molar-refractivity contribution in [3.05, 3.63) is 77.9 Å². The van der Waals surface area contributed by atoms with E-state index in [0.29, 0.717) is 30.5 Å². The summed E-state index contributed by atoms with van der Waals surface area (Å²) in [4.78, 5) is 113. The van der Waals surface area contributed by atoms with Gasteiger partial charge in [0.15, 0.2) is 0 Å². The third kappa shape index (κ3) is 17.6. The van der Waals surface area contributed by atoms with Gasteiger partial charge in [0.1, 0.15) is 54.1 Å². The summed E-state index contributed by atoms with van der Waals surface area (Å²) in [6.07, 6.45) is 4.24. The summed E-state index contributed by atoms with van der Waals surface area (Å²) in [6.45, 7) is 4.91. The Hall–Kier alpha value is -5.94. The monoisotopic (exact) mass is 1050 g/mol. The molecule has 73 heavy (non-hydrogen) atoms. The van der Waals surface area contributed by atoms with E-state index in [1.807, 2.05) is 30.3 Å². The molecule has 15 N–H and O–H groups in total. The van der Waals surface area contributed by atoms with Crippen LogP contribution < -0.4 is 54.4 Å². The number of phenolic OH excluding ortho intramolecular Hbond substituents is 1. The zero-order valence-electron chi connectivity index (χ0n) is 41.6. The Morgan fingerprint density at radius 2 is 1.37 bits per heavy atom. The van der Waals surface area contributed by atoms with Crippen LogP contribution in [0.4, 0.5) is 0 Å². The van der Waals surface area contributed by atoms with Crippen LogP contribution in [0.25, 0.3) is 10.8 Å². The molecule has 8 amide bonds. The maximum Gasteiger partial charge on any atom is 0.244 e. The van der Waals surface area contributed by atoms with Gasteiger partial charge in [-0.1, -0.05) is 116 Å². The molecule has 0 aromatic heterocycles. The number of phenols is 1. The van der Waals surface area contributed by atoms with Crippen molar-refractivity contribution in [1.82, 2.24) is 37.2 Å². The summed E-state index contributed by atoms with van der Waals surface area (Å²) in [5, 5.41) is 41.3. The van der Waals surface area contributed by atoms with Gasteiger partial charge in [-0.05, 0) is 91.1 Å². The van der Waals surface area contributed by atoms with E-state index in [-0.39, 0.29) is 42.4 Å². The number of hydrogen-bond donors (Lipinski definition) is 12. The number of unbranched alkanes of at least 4 members (excludes halogenated alkanes) is 1. The molecule has 1 saturated carbocycles. The van der Waals surface area contributed by atoms with Crippen molar-refractivity contribution in [2.45, 2.75) is 139 Å². The summed E-state index contributed by atoms with van der Waals surface area (Å²) in [6, 6.07) is 8.30. The van der Waals surface area contributed by atoms with Gasteiger partial charge in [-0.15, -0.1) is 0 Å². The van der Waals surface area contributed by atoms with Crippen molar-refractivity contribution in [1.29, 1.82) is 0 Å². The van der Waals surface area contributed by atoms with Crippen LogP contribution in [-0.4, -0.2) is 124 Å². The standard InChI is InChI=1S/C51H72N10O10S2/c1-28(2)42-51(71)59-40(49(69)61-43(29(3)62)44(54)64)27-73-72-26-39(58-50(70)41(53)34-19-18-32-13-7-8-14-33(32)25-34)48(68)57-38(24-31-16-20-35(63)21-17-31)47(67)56-37(23-30-11-5-4-6-12-30)46(66)55-36(45(65)60-42)15-9-10-22-52/h7-8,13-14,16-21,25,28-30,36-43,62-63H,4-6,9-12,15,22-24,26-27,52-53H2,1-3H3,(H2,54,64)(H,55,66)(H,56,67)(H,57,68)(H,58,70)(H,59,71)(H,60,65)(H,61,69)/t29-,36+,37-,38+,39+,40+,41?,42+,43+/m1/s1. The highest BCUT2D eigenvalue weighted by molar-refractivity contribution is 8.76. The van der Waals surface area contributed by atoms with Gasteiger partial charge in [-0.2, -0.15) is 0 Å². The molecule has 2 fully saturated rings. The number of nitrogens with two attached hydrogens (primary N) is 3. The van der Waals surface area contributed by atoms with Gasteiger partial charge in [0, 0.05) is 17.9 Å². The van der Waals surface area contributed by atoms with Gasteiger partial charge >= 0.3 is 0 Å². The number of amides is 8. The van der Waals surface area contributed by atoms with Crippen molar-refractivity contribution in [3.63, 3.8) is 0 Å². The number of rotatable bonds is 16. The smallest absolute Gasteiger partial charge is 0.244 e. The second-order valence-electron chi connectivity index (χ2n) is 19.2. The molecule has 0 radical (unpaired) electrons. The summed E-state index contributed by atoms with van der Waals surface area (Å²) >= 11 is 0. The Balaban J connectivity index is 1.56. The van der Waals surface area contributed by atoms with Crippen LogP contribution in [0.5, 0.6) is 5.75 Å². The Kier molecular flexibility index (Phi) is 22.6. The largest absolute Gasteiger partial charge is 0.508 e. The minimum Gasteiger partial charge on any atom is -0.508 e. The van der Waals surface area contributed by atoms with Gasteiger partial charge in [0.2, 0.25) is 47.3 Å². The first-order chi connectivity index (χ1) is 34.8. The van der Waals surface area contributed by atoms with E-state index in [9.17, 15) is 48.6 Å². The van der Waals surface area contributed by atoms with E-state index in [2.05, 4.69) is 37.2 Å². The van der Waals surface area contributed by atoms with Crippen LogP contribution in [0, 0.1) is 11.8 Å². The molecule has 20 nitrogen and oxygen atoms in total. The molecular formula is C51H72N10O10S2. The molecule has 5 rings (SSSR count). The average Bonchev–Trinajstić information content (AvgIpc) is 3.36. The highest BCUT2D eigenvalue weighted by Gasteiger charge is 2.37. The minimum absolute atomic E-state index is 0.0302. The number of primary amides is 1. The highest BCUT2D eigenvalue weighted by Crippen LogP contribution is 2.28.